The van der Waals surface area contributed by atoms with Crippen LogP contribution in [-0.2, 0) is 11.3 Å². The zero-order valence-corrected chi connectivity index (χ0v) is 14.1. The van der Waals surface area contributed by atoms with Gasteiger partial charge in [-0.25, -0.2) is 4.39 Å². The summed E-state index contributed by atoms with van der Waals surface area (Å²) < 4.78 is 20.9. The summed E-state index contributed by atoms with van der Waals surface area (Å²) in [4.78, 5) is 0. The number of halogens is 2. The molecule has 0 N–H and O–H groups in total. The summed E-state index contributed by atoms with van der Waals surface area (Å²) >= 11 is 7.34. The van der Waals surface area contributed by atoms with Crippen LogP contribution in [0.2, 0.25) is 0 Å². The van der Waals surface area contributed by atoms with Gasteiger partial charge in [-0.3, -0.25) is 4.57 Å². The first-order valence-corrected chi connectivity index (χ1v) is 8.76. The van der Waals surface area contributed by atoms with Gasteiger partial charge in [0, 0.05) is 23.0 Å². The molecule has 2 heterocycles. The normalized spacial score (nSPS) is 17.6. The molecule has 23 heavy (non-hydrogen) atoms. The van der Waals surface area contributed by atoms with E-state index in [4.69, 9.17) is 16.3 Å². The fraction of sp³-hybridized carbons (Fsp3) is 0.375. The van der Waals surface area contributed by atoms with Crippen molar-refractivity contribution in [3.63, 3.8) is 0 Å². The number of ether oxygens (including phenoxy) is 1. The Balaban J connectivity index is 1.90. The van der Waals surface area contributed by atoms with Gasteiger partial charge >= 0.3 is 0 Å². The minimum Gasteiger partial charge on any atom is -0.376 e. The smallest absolute Gasteiger partial charge is 0.191 e. The molecular formula is C16H17ClFN3OS. The van der Waals surface area contributed by atoms with E-state index in [1.54, 1.807) is 12.1 Å². The molecule has 4 nitrogen and oxygen atoms in total. The van der Waals surface area contributed by atoms with E-state index in [1.165, 1.54) is 23.9 Å². The first-order chi connectivity index (χ1) is 11.1. The molecule has 1 aliphatic heterocycles. The minimum atomic E-state index is -0.271. The summed E-state index contributed by atoms with van der Waals surface area (Å²) in [6.45, 7) is 5.17. The first kappa shape index (κ1) is 16.5. The SMILES string of the molecule is C=C(Cl)CSc1nnc(-c2ccc(F)cc2)n1CC1CCCO1. The molecule has 7 heteroatoms. The lowest BCUT2D eigenvalue weighted by Gasteiger charge is -2.14. The van der Waals surface area contributed by atoms with Crippen LogP contribution in [0, 0.1) is 5.82 Å². The Labute approximate surface area is 143 Å². The second-order valence-corrected chi connectivity index (χ2v) is 6.84. The van der Waals surface area contributed by atoms with Crippen LogP contribution in [-0.4, -0.2) is 33.2 Å². The van der Waals surface area contributed by atoms with E-state index in [1.807, 2.05) is 4.57 Å². The molecule has 3 rings (SSSR count). The third-order valence-corrected chi connectivity index (χ3v) is 4.93. The molecule has 0 amide bonds. The van der Waals surface area contributed by atoms with E-state index < -0.39 is 0 Å². The van der Waals surface area contributed by atoms with Crippen LogP contribution < -0.4 is 0 Å². The van der Waals surface area contributed by atoms with Crippen molar-refractivity contribution in [1.29, 1.82) is 0 Å². The second kappa shape index (κ2) is 7.47. The monoisotopic (exact) mass is 353 g/mol. The van der Waals surface area contributed by atoms with Crippen molar-refractivity contribution in [1.82, 2.24) is 14.8 Å². The van der Waals surface area contributed by atoms with E-state index in [0.717, 1.165) is 30.2 Å². The minimum absolute atomic E-state index is 0.156. The van der Waals surface area contributed by atoms with Crippen LogP contribution in [0.4, 0.5) is 4.39 Å². The number of hydrogen-bond acceptors (Lipinski definition) is 4. The van der Waals surface area contributed by atoms with Crippen LogP contribution in [0.3, 0.4) is 0 Å². The van der Waals surface area contributed by atoms with Crippen molar-refractivity contribution >= 4 is 23.4 Å². The number of rotatable bonds is 6. The van der Waals surface area contributed by atoms with Crippen molar-refractivity contribution in [2.45, 2.75) is 30.6 Å². The van der Waals surface area contributed by atoms with Gasteiger partial charge in [0.15, 0.2) is 11.0 Å². The average molecular weight is 354 g/mol. The highest BCUT2D eigenvalue weighted by molar-refractivity contribution is 7.99. The lowest BCUT2D eigenvalue weighted by molar-refractivity contribution is 0.0953. The Kier molecular flexibility index (Phi) is 5.35. The highest BCUT2D eigenvalue weighted by Gasteiger charge is 2.21. The molecular weight excluding hydrogens is 337 g/mol. The molecule has 0 bridgehead atoms. The van der Waals surface area contributed by atoms with Crippen LogP contribution >= 0.6 is 23.4 Å². The summed E-state index contributed by atoms with van der Waals surface area (Å²) in [7, 11) is 0. The molecule has 1 unspecified atom stereocenters. The van der Waals surface area contributed by atoms with Gasteiger partial charge in [-0.05, 0) is 37.1 Å². The second-order valence-electron chi connectivity index (χ2n) is 5.36. The van der Waals surface area contributed by atoms with Gasteiger partial charge < -0.3 is 4.74 Å². The highest BCUT2D eigenvalue weighted by atomic mass is 35.5. The summed E-state index contributed by atoms with van der Waals surface area (Å²) in [5.41, 5.74) is 0.827. The third kappa shape index (κ3) is 4.13. The van der Waals surface area contributed by atoms with Gasteiger partial charge in [-0.2, -0.15) is 0 Å². The van der Waals surface area contributed by atoms with E-state index in [9.17, 15) is 4.39 Å². The van der Waals surface area contributed by atoms with E-state index >= 15 is 0 Å². The van der Waals surface area contributed by atoms with E-state index in [2.05, 4.69) is 16.8 Å². The molecule has 0 radical (unpaired) electrons. The highest BCUT2D eigenvalue weighted by Crippen LogP contribution is 2.27. The largest absolute Gasteiger partial charge is 0.376 e. The third-order valence-electron chi connectivity index (χ3n) is 3.59. The molecule has 0 saturated carbocycles. The summed E-state index contributed by atoms with van der Waals surface area (Å²) in [6, 6.07) is 6.27. The Morgan fingerprint density at radius 2 is 2.17 bits per heavy atom. The quantitative estimate of drug-likeness (QED) is 0.733. The van der Waals surface area contributed by atoms with Crippen molar-refractivity contribution in [3.8, 4) is 11.4 Å². The van der Waals surface area contributed by atoms with Crippen LogP contribution in [0.15, 0.2) is 41.0 Å². The van der Waals surface area contributed by atoms with E-state index in [0.29, 0.717) is 23.2 Å². The van der Waals surface area contributed by atoms with E-state index in [-0.39, 0.29) is 11.9 Å². The number of thioether (sulfide) groups is 1. The number of hydrogen-bond donors (Lipinski definition) is 0. The van der Waals surface area contributed by atoms with Crippen molar-refractivity contribution < 1.29 is 9.13 Å². The Bertz CT molecular complexity index is 683. The average Bonchev–Trinajstić information content (AvgIpc) is 3.17. The maximum absolute atomic E-state index is 13.2. The standard InChI is InChI=1S/C16H17ClFN3OS/c1-11(17)10-23-16-20-19-15(12-4-6-13(18)7-5-12)21(16)9-14-3-2-8-22-14/h4-7,14H,1-3,8-10H2. The zero-order valence-electron chi connectivity index (χ0n) is 12.5. The molecule has 0 aliphatic carbocycles. The molecule has 1 aromatic heterocycles. The molecule has 1 aliphatic rings. The van der Waals surface area contributed by atoms with Crippen molar-refractivity contribution in [2.24, 2.45) is 0 Å². The summed E-state index contributed by atoms with van der Waals surface area (Å²) in [5, 5.41) is 9.86. The maximum atomic E-state index is 13.2. The molecule has 0 spiro atoms. The van der Waals surface area contributed by atoms with Gasteiger partial charge in [-0.15, -0.1) is 10.2 Å². The lowest BCUT2D eigenvalue weighted by atomic mass is 10.2. The Hall–Kier alpha value is -1.37. The summed E-state index contributed by atoms with van der Waals surface area (Å²) in [5.74, 6) is 1.00. The van der Waals surface area contributed by atoms with Gasteiger partial charge in [-0.1, -0.05) is 29.9 Å². The molecule has 122 valence electrons. The van der Waals surface area contributed by atoms with Crippen molar-refractivity contribution in [3.05, 3.63) is 41.7 Å². The summed E-state index contributed by atoms with van der Waals surface area (Å²) in [6.07, 6.45) is 2.25. The van der Waals surface area contributed by atoms with Gasteiger partial charge in [0.05, 0.1) is 12.6 Å². The lowest BCUT2D eigenvalue weighted by Crippen LogP contribution is -2.16. The molecule has 2 aromatic rings. The fourth-order valence-corrected chi connectivity index (χ4v) is 3.37. The Morgan fingerprint density at radius 1 is 1.39 bits per heavy atom. The van der Waals surface area contributed by atoms with Crippen LogP contribution in [0.25, 0.3) is 11.4 Å². The molecule has 1 aromatic carbocycles. The predicted octanol–water partition coefficient (Wildman–Crippen LogP) is 4.11. The first-order valence-electron chi connectivity index (χ1n) is 7.40. The fourth-order valence-electron chi connectivity index (χ4n) is 2.51. The molecule has 1 fully saturated rings. The van der Waals surface area contributed by atoms with Gasteiger partial charge in [0.25, 0.3) is 0 Å². The number of nitrogens with zero attached hydrogens (tertiary/aromatic N) is 3. The molecule has 1 saturated heterocycles. The Morgan fingerprint density at radius 3 is 2.83 bits per heavy atom. The maximum Gasteiger partial charge on any atom is 0.191 e. The number of aromatic nitrogens is 3. The topological polar surface area (TPSA) is 39.9 Å². The van der Waals surface area contributed by atoms with Gasteiger partial charge in [0.1, 0.15) is 5.82 Å². The number of benzene rings is 1. The van der Waals surface area contributed by atoms with Crippen LogP contribution in [0.1, 0.15) is 12.8 Å². The zero-order chi connectivity index (χ0) is 16.2. The van der Waals surface area contributed by atoms with Gasteiger partial charge in [0.2, 0.25) is 0 Å². The van der Waals surface area contributed by atoms with Crippen molar-refractivity contribution in [2.75, 3.05) is 12.4 Å². The molecule has 1 atom stereocenters. The van der Waals surface area contributed by atoms with Crippen LogP contribution in [0.5, 0.6) is 0 Å². The predicted molar refractivity (Wildman–Crippen MR) is 90.1 cm³/mol.